The molecule has 1 aromatic rings. The Bertz CT molecular complexity index is 490. The lowest BCUT2D eigenvalue weighted by Crippen LogP contribution is -2.58. The predicted molar refractivity (Wildman–Crippen MR) is 80.8 cm³/mol. The van der Waals surface area contributed by atoms with Crippen molar-refractivity contribution in [3.05, 3.63) is 35.9 Å². The summed E-state index contributed by atoms with van der Waals surface area (Å²) in [5.74, 6) is -0.419. The van der Waals surface area contributed by atoms with Crippen LogP contribution in [0.4, 0.5) is 0 Å². The number of rotatable bonds is 4. The lowest BCUT2D eigenvalue weighted by Gasteiger charge is -2.41. The molecule has 0 radical (unpaired) electrons. The van der Waals surface area contributed by atoms with Crippen molar-refractivity contribution in [2.24, 2.45) is 5.73 Å². The first kappa shape index (κ1) is 15.9. The van der Waals surface area contributed by atoms with Gasteiger partial charge in [0.1, 0.15) is 0 Å². The highest BCUT2D eigenvalue weighted by molar-refractivity contribution is 5.82. The number of ether oxygens (including phenoxy) is 2. The number of esters is 1. The largest absolute Gasteiger partial charge is 0.467 e. The minimum absolute atomic E-state index is 0.230. The first-order valence-electron chi connectivity index (χ1n) is 7.16. The smallest absolute Gasteiger partial charge is 0.331 e. The Kier molecular flexibility index (Phi) is 4.66. The summed E-state index contributed by atoms with van der Waals surface area (Å²) in [5.41, 5.74) is 5.81. The van der Waals surface area contributed by atoms with Crippen LogP contribution < -0.4 is 5.73 Å². The molecule has 5 nitrogen and oxygen atoms in total. The molecule has 1 fully saturated rings. The third kappa shape index (κ3) is 3.61. The van der Waals surface area contributed by atoms with Crippen molar-refractivity contribution in [3.63, 3.8) is 0 Å². The molecule has 21 heavy (non-hydrogen) atoms. The molecule has 0 aliphatic carbocycles. The average molecular weight is 292 g/mol. The molecule has 2 rings (SSSR count). The minimum Gasteiger partial charge on any atom is -0.467 e. The zero-order valence-corrected chi connectivity index (χ0v) is 13.0. The number of morpholine rings is 1. The summed E-state index contributed by atoms with van der Waals surface area (Å²) in [7, 11) is 1.37. The third-order valence-electron chi connectivity index (χ3n) is 3.82. The van der Waals surface area contributed by atoms with Gasteiger partial charge in [0, 0.05) is 19.6 Å². The van der Waals surface area contributed by atoms with Crippen LogP contribution >= 0.6 is 0 Å². The number of nitrogens with two attached hydrogens (primary N) is 1. The van der Waals surface area contributed by atoms with Crippen LogP contribution in [0.1, 0.15) is 19.4 Å². The van der Waals surface area contributed by atoms with Gasteiger partial charge in [-0.05, 0) is 19.4 Å². The van der Waals surface area contributed by atoms with E-state index in [1.807, 2.05) is 44.2 Å². The maximum Gasteiger partial charge on any atom is 0.331 e. The van der Waals surface area contributed by atoms with E-state index in [1.54, 1.807) is 0 Å². The van der Waals surface area contributed by atoms with Crippen LogP contribution in [0.2, 0.25) is 0 Å². The van der Waals surface area contributed by atoms with Gasteiger partial charge in [-0.1, -0.05) is 30.3 Å². The van der Waals surface area contributed by atoms with Gasteiger partial charge < -0.3 is 15.2 Å². The molecular weight excluding hydrogens is 268 g/mol. The molecule has 1 heterocycles. The van der Waals surface area contributed by atoms with Gasteiger partial charge >= 0.3 is 5.97 Å². The summed E-state index contributed by atoms with van der Waals surface area (Å²) in [6.45, 7) is 6.62. The van der Waals surface area contributed by atoms with Crippen LogP contribution in [0, 0.1) is 0 Å². The Morgan fingerprint density at radius 3 is 2.67 bits per heavy atom. The second-order valence-corrected chi connectivity index (χ2v) is 6.15. The summed E-state index contributed by atoms with van der Waals surface area (Å²) in [5, 5.41) is 0. The van der Waals surface area contributed by atoms with Gasteiger partial charge in [-0.3, -0.25) is 4.90 Å². The Hall–Kier alpha value is -1.43. The van der Waals surface area contributed by atoms with E-state index in [1.165, 1.54) is 7.11 Å². The SMILES string of the molecule is COC(=O)C(N)(CN1CCOC(C)(C)C1)c1ccccc1. The molecule has 1 saturated heterocycles. The number of carbonyl (C=O) groups excluding carboxylic acids is 1. The first-order chi connectivity index (χ1) is 9.87. The fraction of sp³-hybridized carbons (Fsp3) is 0.562. The van der Waals surface area contributed by atoms with Crippen LogP contribution in [0.5, 0.6) is 0 Å². The van der Waals surface area contributed by atoms with Gasteiger partial charge in [0.05, 0.1) is 19.3 Å². The summed E-state index contributed by atoms with van der Waals surface area (Å²) in [6.07, 6.45) is 0. The van der Waals surface area contributed by atoms with E-state index in [0.29, 0.717) is 13.2 Å². The van der Waals surface area contributed by atoms with Crippen molar-refractivity contribution in [3.8, 4) is 0 Å². The molecule has 0 saturated carbocycles. The molecule has 1 aromatic carbocycles. The Morgan fingerprint density at radius 1 is 1.43 bits per heavy atom. The minimum atomic E-state index is -1.16. The van der Waals surface area contributed by atoms with E-state index in [0.717, 1.165) is 18.7 Å². The van der Waals surface area contributed by atoms with E-state index in [9.17, 15) is 4.79 Å². The molecular formula is C16H24N2O3. The summed E-state index contributed by atoms with van der Waals surface area (Å²) in [4.78, 5) is 14.4. The van der Waals surface area contributed by atoms with Crippen LogP contribution in [0.25, 0.3) is 0 Å². The molecule has 0 bridgehead atoms. The monoisotopic (exact) mass is 292 g/mol. The van der Waals surface area contributed by atoms with Gasteiger partial charge in [-0.15, -0.1) is 0 Å². The van der Waals surface area contributed by atoms with Crippen molar-refractivity contribution in [1.82, 2.24) is 4.90 Å². The Morgan fingerprint density at radius 2 is 2.10 bits per heavy atom. The standard InChI is InChI=1S/C16H24N2O3/c1-15(2)11-18(9-10-21-15)12-16(17,14(19)20-3)13-7-5-4-6-8-13/h4-8H,9-12,17H2,1-3H3. The van der Waals surface area contributed by atoms with E-state index < -0.39 is 11.5 Å². The van der Waals surface area contributed by atoms with Crippen LogP contribution in [0.3, 0.4) is 0 Å². The van der Waals surface area contributed by atoms with Crippen molar-refractivity contribution < 1.29 is 14.3 Å². The quantitative estimate of drug-likeness (QED) is 0.843. The molecule has 2 N–H and O–H groups in total. The summed E-state index contributed by atoms with van der Waals surface area (Å²) < 4.78 is 10.6. The molecule has 1 aliphatic heterocycles. The third-order valence-corrected chi connectivity index (χ3v) is 3.82. The van der Waals surface area contributed by atoms with E-state index in [-0.39, 0.29) is 5.60 Å². The highest BCUT2D eigenvalue weighted by Crippen LogP contribution is 2.24. The predicted octanol–water partition coefficient (Wildman–Crippen LogP) is 1.12. The van der Waals surface area contributed by atoms with Gasteiger partial charge in [0.2, 0.25) is 0 Å². The average Bonchev–Trinajstić information content (AvgIpc) is 2.46. The lowest BCUT2D eigenvalue weighted by molar-refractivity contribution is -0.150. The van der Waals surface area contributed by atoms with Crippen LogP contribution in [-0.2, 0) is 19.8 Å². The summed E-state index contributed by atoms with van der Waals surface area (Å²) in [6, 6.07) is 9.39. The van der Waals surface area contributed by atoms with E-state index in [2.05, 4.69) is 4.90 Å². The van der Waals surface area contributed by atoms with Gasteiger partial charge in [-0.2, -0.15) is 0 Å². The van der Waals surface area contributed by atoms with Crippen molar-refractivity contribution >= 4 is 5.97 Å². The van der Waals surface area contributed by atoms with Crippen LogP contribution in [-0.4, -0.2) is 49.8 Å². The normalized spacial score (nSPS) is 21.5. The van der Waals surface area contributed by atoms with Crippen molar-refractivity contribution in [1.29, 1.82) is 0 Å². The summed E-state index contributed by atoms with van der Waals surface area (Å²) >= 11 is 0. The topological polar surface area (TPSA) is 64.8 Å². The fourth-order valence-electron chi connectivity index (χ4n) is 2.79. The second kappa shape index (κ2) is 6.13. The molecule has 0 amide bonds. The fourth-order valence-corrected chi connectivity index (χ4v) is 2.79. The Balaban J connectivity index is 2.23. The number of methoxy groups -OCH3 is 1. The van der Waals surface area contributed by atoms with Gasteiger partial charge in [0.25, 0.3) is 0 Å². The molecule has 1 unspecified atom stereocenters. The number of hydrogen-bond donors (Lipinski definition) is 1. The Labute approximate surface area is 126 Å². The van der Waals surface area contributed by atoms with Crippen LogP contribution in [0.15, 0.2) is 30.3 Å². The lowest BCUT2D eigenvalue weighted by atomic mass is 9.89. The van der Waals surface area contributed by atoms with E-state index in [4.69, 9.17) is 15.2 Å². The molecule has 0 spiro atoms. The maximum atomic E-state index is 12.3. The number of nitrogens with zero attached hydrogens (tertiary/aromatic N) is 1. The van der Waals surface area contributed by atoms with Crippen molar-refractivity contribution in [2.75, 3.05) is 33.4 Å². The van der Waals surface area contributed by atoms with Crippen molar-refractivity contribution in [2.45, 2.75) is 25.0 Å². The maximum absolute atomic E-state index is 12.3. The molecule has 116 valence electrons. The molecule has 5 heteroatoms. The van der Waals surface area contributed by atoms with Gasteiger partial charge in [-0.25, -0.2) is 4.79 Å². The first-order valence-corrected chi connectivity index (χ1v) is 7.16. The highest BCUT2D eigenvalue weighted by atomic mass is 16.5. The second-order valence-electron chi connectivity index (χ2n) is 6.15. The number of hydrogen-bond acceptors (Lipinski definition) is 5. The van der Waals surface area contributed by atoms with Gasteiger partial charge in [0.15, 0.2) is 5.54 Å². The molecule has 1 atom stereocenters. The zero-order chi connectivity index (χ0) is 15.5. The molecule has 0 aromatic heterocycles. The highest BCUT2D eigenvalue weighted by Gasteiger charge is 2.41. The number of benzene rings is 1. The number of carbonyl (C=O) groups is 1. The molecule has 1 aliphatic rings. The van der Waals surface area contributed by atoms with E-state index >= 15 is 0 Å². The zero-order valence-electron chi connectivity index (χ0n) is 13.0.